The van der Waals surface area contributed by atoms with Crippen molar-refractivity contribution in [1.82, 2.24) is 0 Å². The number of hydrogen-bond acceptors (Lipinski definition) is 2. The van der Waals surface area contributed by atoms with Crippen molar-refractivity contribution in [3.63, 3.8) is 0 Å². The van der Waals surface area contributed by atoms with Crippen LogP contribution >= 0.6 is 0 Å². The van der Waals surface area contributed by atoms with Crippen LogP contribution in [0.2, 0.25) is 0 Å². The van der Waals surface area contributed by atoms with E-state index in [1.165, 1.54) is 54.6 Å². The summed E-state index contributed by atoms with van der Waals surface area (Å²) in [4.78, 5) is 0. The van der Waals surface area contributed by atoms with Gasteiger partial charge in [0, 0.05) is 16.3 Å². The number of rotatable bonds is 3. The number of benzene rings is 8. The molecule has 0 saturated heterocycles. The predicted molar refractivity (Wildman–Crippen MR) is 215 cm³/mol. The van der Waals surface area contributed by atoms with Gasteiger partial charge in [0.2, 0.25) is 0 Å². The van der Waals surface area contributed by atoms with Crippen LogP contribution in [0.25, 0.3) is 93.2 Å². The van der Waals surface area contributed by atoms with E-state index < -0.39 is 0 Å². The van der Waals surface area contributed by atoms with E-state index in [1.807, 2.05) is 30.4 Å². The topological polar surface area (TPSA) is 22.4 Å². The highest BCUT2D eigenvalue weighted by Gasteiger charge is 2.24. The van der Waals surface area contributed by atoms with E-state index >= 15 is 0 Å². The van der Waals surface area contributed by atoms with Crippen LogP contribution < -0.4 is 4.74 Å². The first-order chi connectivity index (χ1) is 25.2. The normalized spacial score (nSPS) is 14.3. The minimum atomic E-state index is 0.426. The molecule has 0 unspecified atom stereocenters. The highest BCUT2D eigenvalue weighted by atomic mass is 16.5. The van der Waals surface area contributed by atoms with Crippen molar-refractivity contribution in [1.29, 1.82) is 0 Å². The maximum absolute atomic E-state index is 6.58. The van der Waals surface area contributed by atoms with Crippen LogP contribution in [0.4, 0.5) is 0 Å². The van der Waals surface area contributed by atoms with E-state index in [1.54, 1.807) is 0 Å². The third-order valence-corrected chi connectivity index (χ3v) is 10.3. The third-order valence-electron chi connectivity index (χ3n) is 10.3. The Kier molecular flexibility index (Phi) is 6.75. The van der Waals surface area contributed by atoms with Crippen LogP contribution in [0.1, 0.15) is 5.56 Å². The van der Waals surface area contributed by atoms with Crippen molar-refractivity contribution in [2.24, 2.45) is 0 Å². The fourth-order valence-corrected chi connectivity index (χ4v) is 8.04. The average Bonchev–Trinajstić information content (AvgIpc) is 3.59. The first kappa shape index (κ1) is 29.3. The highest BCUT2D eigenvalue weighted by Crippen LogP contribution is 2.49. The predicted octanol–water partition coefficient (Wildman–Crippen LogP) is 13.6. The summed E-state index contributed by atoms with van der Waals surface area (Å²) in [7, 11) is 0. The Morgan fingerprint density at radius 2 is 1.10 bits per heavy atom. The van der Waals surface area contributed by atoms with Gasteiger partial charge in [-0.3, -0.25) is 0 Å². The molecule has 1 aliphatic heterocycles. The second-order valence-corrected chi connectivity index (χ2v) is 13.2. The number of hydrogen-bond donors (Lipinski definition) is 0. The second kappa shape index (κ2) is 11.8. The Hall–Kier alpha value is -6.64. The lowest BCUT2D eigenvalue weighted by molar-refractivity contribution is 0.361. The molecule has 0 radical (unpaired) electrons. The van der Waals surface area contributed by atoms with E-state index in [2.05, 4.69) is 146 Å². The molecule has 1 aliphatic rings. The molecular formula is C49H32O2. The Balaban J connectivity index is 1.34. The van der Waals surface area contributed by atoms with Gasteiger partial charge in [-0.2, -0.15) is 0 Å². The summed E-state index contributed by atoms with van der Waals surface area (Å²) < 4.78 is 13.1. The molecular weight excluding hydrogens is 621 g/mol. The largest absolute Gasteiger partial charge is 0.485 e. The van der Waals surface area contributed by atoms with Crippen molar-refractivity contribution in [3.8, 4) is 39.1 Å². The molecule has 0 aliphatic carbocycles. The molecule has 2 heteroatoms. The Labute approximate surface area is 295 Å². The molecule has 0 bridgehead atoms. The zero-order chi connectivity index (χ0) is 33.9. The van der Waals surface area contributed by atoms with Gasteiger partial charge in [0.05, 0.1) is 0 Å². The Bertz CT molecular complexity index is 2860. The Morgan fingerprint density at radius 1 is 0.471 bits per heavy atom. The van der Waals surface area contributed by atoms with Gasteiger partial charge in [-0.25, -0.2) is 0 Å². The summed E-state index contributed by atoms with van der Waals surface area (Å²) in [5.74, 6) is 0.720. The minimum absolute atomic E-state index is 0.426. The fourth-order valence-electron chi connectivity index (χ4n) is 8.04. The van der Waals surface area contributed by atoms with Crippen LogP contribution in [-0.4, -0.2) is 6.61 Å². The molecule has 2 heterocycles. The van der Waals surface area contributed by atoms with Gasteiger partial charge >= 0.3 is 0 Å². The van der Waals surface area contributed by atoms with Crippen LogP contribution in [0.5, 0.6) is 5.75 Å². The number of ether oxygens (including phenoxy) is 1. The van der Waals surface area contributed by atoms with Crippen LogP contribution in [0.3, 0.4) is 0 Å². The Morgan fingerprint density at radius 3 is 1.84 bits per heavy atom. The number of fused-ring (bicyclic) bond motifs is 8. The lowest BCUT2D eigenvalue weighted by Gasteiger charge is -2.21. The fraction of sp³-hybridized carbons (Fsp3) is 0.0204. The molecule has 0 fully saturated rings. The molecule has 10 rings (SSSR count). The van der Waals surface area contributed by atoms with E-state index in [9.17, 15) is 0 Å². The monoisotopic (exact) mass is 652 g/mol. The van der Waals surface area contributed by atoms with Crippen molar-refractivity contribution in [2.45, 2.75) is 0 Å². The van der Waals surface area contributed by atoms with Crippen molar-refractivity contribution in [3.05, 3.63) is 182 Å². The van der Waals surface area contributed by atoms with E-state index in [4.69, 9.17) is 9.15 Å². The summed E-state index contributed by atoms with van der Waals surface area (Å²) in [6, 6.07) is 52.4. The number of furan rings is 1. The maximum Gasteiger partial charge on any atom is 0.177 e. The van der Waals surface area contributed by atoms with E-state index in [-0.39, 0.29) is 0 Å². The third kappa shape index (κ3) is 4.65. The molecule has 0 N–H and O–H groups in total. The summed E-state index contributed by atoms with van der Waals surface area (Å²) in [5, 5.41) is 9.38. The van der Waals surface area contributed by atoms with Crippen molar-refractivity contribution < 1.29 is 9.15 Å². The minimum Gasteiger partial charge on any atom is -0.485 e. The van der Waals surface area contributed by atoms with Crippen LogP contribution in [-0.2, 0) is 0 Å². The molecule has 9 aromatic rings. The van der Waals surface area contributed by atoms with Gasteiger partial charge < -0.3 is 9.15 Å². The molecule has 0 atom stereocenters. The summed E-state index contributed by atoms with van der Waals surface area (Å²) in [6.45, 7) is 4.99. The van der Waals surface area contributed by atoms with Gasteiger partial charge in [0.1, 0.15) is 12.2 Å². The lowest BCUT2D eigenvalue weighted by Crippen LogP contribution is -1.99. The second-order valence-electron chi connectivity index (χ2n) is 13.2. The van der Waals surface area contributed by atoms with Crippen LogP contribution in [0, 0.1) is 0 Å². The van der Waals surface area contributed by atoms with E-state index in [0.717, 1.165) is 50.0 Å². The summed E-state index contributed by atoms with van der Waals surface area (Å²) >= 11 is 0. The summed E-state index contributed by atoms with van der Waals surface area (Å²) in [6.07, 6.45) is 8.12. The molecule has 51 heavy (non-hydrogen) atoms. The van der Waals surface area contributed by atoms with Gasteiger partial charge in [0.15, 0.2) is 11.3 Å². The summed E-state index contributed by atoms with van der Waals surface area (Å²) in [5.41, 5.74) is 10.4. The van der Waals surface area contributed by atoms with Crippen molar-refractivity contribution >= 4 is 59.8 Å². The zero-order valence-corrected chi connectivity index (χ0v) is 27.9. The standard InChI is InChI=1S/C49H32O2/c1-31-16-4-3-15-27-50-49-45(31)41(30-43-36-21-13-14-26-44(36)51-48(43)49)34-28-33-19-7-8-20-35(33)42(29-34)47-39-24-11-9-22-37(39)46(32-17-5-2-6-18-32)38-23-10-12-25-40(38)47/h2-26,28-30H,1,27H2/b15-3-,16-4-. The van der Waals surface area contributed by atoms with Gasteiger partial charge in [0.25, 0.3) is 0 Å². The van der Waals surface area contributed by atoms with Gasteiger partial charge in [-0.05, 0) is 102 Å². The maximum atomic E-state index is 6.58. The van der Waals surface area contributed by atoms with Crippen molar-refractivity contribution in [2.75, 3.05) is 6.61 Å². The van der Waals surface area contributed by atoms with E-state index in [0.29, 0.717) is 6.61 Å². The average molecular weight is 653 g/mol. The molecule has 2 nitrogen and oxygen atoms in total. The highest BCUT2D eigenvalue weighted by molar-refractivity contribution is 6.24. The number of allylic oxidation sites excluding steroid dienone is 4. The van der Waals surface area contributed by atoms with Gasteiger partial charge in [-0.15, -0.1) is 0 Å². The first-order valence-electron chi connectivity index (χ1n) is 17.4. The molecule has 0 spiro atoms. The molecule has 8 aromatic carbocycles. The van der Waals surface area contributed by atoms with Gasteiger partial charge in [-0.1, -0.05) is 146 Å². The smallest absolute Gasteiger partial charge is 0.177 e. The lowest BCUT2D eigenvalue weighted by atomic mass is 9.83. The quantitative estimate of drug-likeness (QED) is 0.177. The molecule has 1 aromatic heterocycles. The van der Waals surface area contributed by atoms with Crippen LogP contribution in [0.15, 0.2) is 181 Å². The zero-order valence-electron chi connectivity index (χ0n) is 27.9. The molecule has 0 amide bonds. The SMILES string of the molecule is C=C1/C=C\C=C/COc2c1c(-c1cc(-c3c4ccccc4c(-c4ccccc4)c4ccccc34)c3ccccc3c1)cc1c2oc2ccccc21. The first-order valence-corrected chi connectivity index (χ1v) is 17.4. The number of para-hydroxylation sites is 1. The molecule has 240 valence electrons. The molecule has 0 saturated carbocycles.